The Morgan fingerprint density at radius 1 is 1.22 bits per heavy atom. The van der Waals surface area contributed by atoms with E-state index in [0.717, 1.165) is 42.2 Å². The van der Waals surface area contributed by atoms with E-state index >= 15 is 0 Å². The van der Waals surface area contributed by atoms with Gasteiger partial charge in [-0.05, 0) is 26.0 Å². The number of para-hydroxylation sites is 2. The molecular formula is C14H17N3O. The summed E-state index contributed by atoms with van der Waals surface area (Å²) in [5.41, 5.74) is 2.90. The predicted octanol–water partition coefficient (Wildman–Crippen LogP) is 2.16. The van der Waals surface area contributed by atoms with Crippen LogP contribution in [-0.2, 0) is 4.74 Å². The first-order valence-corrected chi connectivity index (χ1v) is 6.34. The second-order valence-corrected chi connectivity index (χ2v) is 4.75. The molecule has 0 amide bonds. The third-order valence-electron chi connectivity index (χ3n) is 3.26. The molecule has 1 aliphatic rings. The van der Waals surface area contributed by atoms with Gasteiger partial charge < -0.3 is 9.64 Å². The molecule has 0 unspecified atom stereocenters. The first kappa shape index (κ1) is 11.4. The fourth-order valence-electron chi connectivity index (χ4n) is 2.39. The van der Waals surface area contributed by atoms with Gasteiger partial charge in [-0.25, -0.2) is 9.97 Å². The summed E-state index contributed by atoms with van der Waals surface area (Å²) in [4.78, 5) is 11.6. The maximum Gasteiger partial charge on any atom is 0.150 e. The molecule has 1 atom stereocenters. The van der Waals surface area contributed by atoms with Crippen molar-refractivity contribution in [2.75, 3.05) is 24.6 Å². The van der Waals surface area contributed by atoms with Crippen LogP contribution in [0.25, 0.3) is 11.0 Å². The molecule has 1 fully saturated rings. The smallest absolute Gasteiger partial charge is 0.150 e. The summed E-state index contributed by atoms with van der Waals surface area (Å²) in [5, 5.41) is 0. The molecule has 1 aromatic heterocycles. The first-order valence-electron chi connectivity index (χ1n) is 6.34. The van der Waals surface area contributed by atoms with Crippen LogP contribution in [0, 0.1) is 6.92 Å². The zero-order valence-corrected chi connectivity index (χ0v) is 10.8. The van der Waals surface area contributed by atoms with E-state index in [4.69, 9.17) is 9.72 Å². The number of ether oxygens (including phenoxy) is 1. The molecular weight excluding hydrogens is 226 g/mol. The predicted molar refractivity (Wildman–Crippen MR) is 71.9 cm³/mol. The largest absolute Gasteiger partial charge is 0.375 e. The zero-order valence-electron chi connectivity index (χ0n) is 10.8. The highest BCUT2D eigenvalue weighted by Crippen LogP contribution is 2.21. The van der Waals surface area contributed by atoms with Crippen LogP contribution in [0.3, 0.4) is 0 Å². The standard InChI is InChI=1S/C14H17N3O/c1-10-9-17(7-8-18-10)14-11(2)15-12-5-3-4-6-13(12)16-14/h3-6,10H,7-9H2,1-2H3/t10-/m0/s1. The quantitative estimate of drug-likeness (QED) is 0.769. The molecule has 4 heteroatoms. The summed E-state index contributed by atoms with van der Waals surface area (Å²) < 4.78 is 5.57. The summed E-state index contributed by atoms with van der Waals surface area (Å²) in [6.45, 7) is 6.64. The highest BCUT2D eigenvalue weighted by atomic mass is 16.5. The average molecular weight is 243 g/mol. The lowest BCUT2D eigenvalue weighted by molar-refractivity contribution is 0.0529. The fourth-order valence-corrected chi connectivity index (χ4v) is 2.39. The van der Waals surface area contributed by atoms with Crippen LogP contribution < -0.4 is 4.90 Å². The lowest BCUT2D eigenvalue weighted by atomic mass is 10.2. The zero-order chi connectivity index (χ0) is 12.5. The van der Waals surface area contributed by atoms with E-state index in [-0.39, 0.29) is 6.10 Å². The van der Waals surface area contributed by atoms with Crippen molar-refractivity contribution in [3.05, 3.63) is 30.0 Å². The van der Waals surface area contributed by atoms with Crippen molar-refractivity contribution in [2.45, 2.75) is 20.0 Å². The van der Waals surface area contributed by atoms with Crippen molar-refractivity contribution < 1.29 is 4.74 Å². The number of hydrogen-bond donors (Lipinski definition) is 0. The van der Waals surface area contributed by atoms with Gasteiger partial charge in [0.15, 0.2) is 5.82 Å². The third-order valence-corrected chi connectivity index (χ3v) is 3.26. The molecule has 0 saturated carbocycles. The number of hydrogen-bond acceptors (Lipinski definition) is 4. The number of aromatic nitrogens is 2. The van der Waals surface area contributed by atoms with Gasteiger partial charge >= 0.3 is 0 Å². The number of anilines is 1. The lowest BCUT2D eigenvalue weighted by Gasteiger charge is -2.32. The Morgan fingerprint density at radius 2 is 1.94 bits per heavy atom. The number of aryl methyl sites for hydroxylation is 1. The van der Waals surface area contributed by atoms with Crippen molar-refractivity contribution in [2.24, 2.45) is 0 Å². The van der Waals surface area contributed by atoms with Gasteiger partial charge in [0, 0.05) is 13.1 Å². The molecule has 2 heterocycles. The monoisotopic (exact) mass is 243 g/mol. The fraction of sp³-hybridized carbons (Fsp3) is 0.429. The molecule has 3 rings (SSSR count). The van der Waals surface area contributed by atoms with Crippen LogP contribution in [0.2, 0.25) is 0 Å². The van der Waals surface area contributed by atoms with E-state index in [9.17, 15) is 0 Å². The van der Waals surface area contributed by atoms with Crippen LogP contribution in [0.4, 0.5) is 5.82 Å². The molecule has 1 aliphatic heterocycles. The number of rotatable bonds is 1. The summed E-state index contributed by atoms with van der Waals surface area (Å²) >= 11 is 0. The minimum atomic E-state index is 0.256. The Labute approximate surface area is 107 Å². The Bertz CT molecular complexity index is 570. The van der Waals surface area contributed by atoms with E-state index in [1.807, 2.05) is 31.2 Å². The SMILES string of the molecule is Cc1nc2ccccc2nc1N1CCO[C@@H](C)C1. The van der Waals surface area contributed by atoms with E-state index in [1.54, 1.807) is 0 Å². The first-order chi connectivity index (χ1) is 8.74. The van der Waals surface area contributed by atoms with Gasteiger partial charge in [0.1, 0.15) is 0 Å². The minimum Gasteiger partial charge on any atom is -0.375 e. The Kier molecular flexibility index (Phi) is 2.88. The second-order valence-electron chi connectivity index (χ2n) is 4.75. The van der Waals surface area contributed by atoms with Gasteiger partial charge in [-0.3, -0.25) is 0 Å². The number of fused-ring (bicyclic) bond motifs is 1. The van der Waals surface area contributed by atoms with Crippen LogP contribution in [0.1, 0.15) is 12.6 Å². The van der Waals surface area contributed by atoms with E-state index in [0.29, 0.717) is 0 Å². The summed E-state index contributed by atoms with van der Waals surface area (Å²) in [5.74, 6) is 0.990. The molecule has 0 spiro atoms. The van der Waals surface area contributed by atoms with Gasteiger partial charge in [0.25, 0.3) is 0 Å². The van der Waals surface area contributed by atoms with Gasteiger partial charge in [-0.2, -0.15) is 0 Å². The highest BCUT2D eigenvalue weighted by Gasteiger charge is 2.20. The Balaban J connectivity index is 2.02. The molecule has 4 nitrogen and oxygen atoms in total. The molecule has 0 bridgehead atoms. The number of morpholine rings is 1. The topological polar surface area (TPSA) is 38.2 Å². The lowest BCUT2D eigenvalue weighted by Crippen LogP contribution is -2.42. The van der Waals surface area contributed by atoms with Gasteiger partial charge in [0.2, 0.25) is 0 Å². The summed E-state index contributed by atoms with van der Waals surface area (Å²) in [7, 11) is 0. The van der Waals surface area contributed by atoms with Gasteiger partial charge in [-0.1, -0.05) is 12.1 Å². The molecule has 0 radical (unpaired) electrons. The number of nitrogens with zero attached hydrogens (tertiary/aromatic N) is 3. The van der Waals surface area contributed by atoms with Crippen LogP contribution in [0.15, 0.2) is 24.3 Å². The average Bonchev–Trinajstić information content (AvgIpc) is 2.38. The maximum atomic E-state index is 5.57. The van der Waals surface area contributed by atoms with Crippen LogP contribution in [0.5, 0.6) is 0 Å². The molecule has 94 valence electrons. The van der Waals surface area contributed by atoms with E-state index in [1.165, 1.54) is 0 Å². The molecule has 2 aromatic rings. The van der Waals surface area contributed by atoms with Crippen LogP contribution >= 0.6 is 0 Å². The van der Waals surface area contributed by atoms with Crippen molar-refractivity contribution in [1.29, 1.82) is 0 Å². The van der Waals surface area contributed by atoms with E-state index in [2.05, 4.69) is 16.8 Å². The third kappa shape index (κ3) is 2.04. The molecule has 1 saturated heterocycles. The van der Waals surface area contributed by atoms with Gasteiger partial charge in [0.05, 0.1) is 29.4 Å². The van der Waals surface area contributed by atoms with Crippen molar-refractivity contribution in [1.82, 2.24) is 9.97 Å². The molecule has 18 heavy (non-hydrogen) atoms. The van der Waals surface area contributed by atoms with Crippen LogP contribution in [-0.4, -0.2) is 35.8 Å². The Hall–Kier alpha value is -1.68. The molecule has 0 aliphatic carbocycles. The van der Waals surface area contributed by atoms with E-state index < -0.39 is 0 Å². The summed E-state index contributed by atoms with van der Waals surface area (Å²) in [6.07, 6.45) is 0.256. The minimum absolute atomic E-state index is 0.256. The van der Waals surface area contributed by atoms with Crippen molar-refractivity contribution in [3.8, 4) is 0 Å². The molecule has 1 aromatic carbocycles. The summed E-state index contributed by atoms with van der Waals surface area (Å²) in [6, 6.07) is 8.00. The van der Waals surface area contributed by atoms with Crippen molar-refractivity contribution >= 4 is 16.9 Å². The normalized spacial score (nSPS) is 20.3. The van der Waals surface area contributed by atoms with Gasteiger partial charge in [-0.15, -0.1) is 0 Å². The number of benzene rings is 1. The molecule has 0 N–H and O–H groups in total. The highest BCUT2D eigenvalue weighted by molar-refractivity contribution is 5.76. The Morgan fingerprint density at radius 3 is 2.67 bits per heavy atom. The van der Waals surface area contributed by atoms with Crippen molar-refractivity contribution in [3.63, 3.8) is 0 Å². The second kappa shape index (κ2) is 4.53. The maximum absolute atomic E-state index is 5.57.